The van der Waals surface area contributed by atoms with Crippen LogP contribution < -0.4 is 20.3 Å². The number of hydrogen-bond acceptors (Lipinski definition) is 8. The van der Waals surface area contributed by atoms with E-state index in [1.165, 1.54) is 0 Å². The predicted octanol–water partition coefficient (Wildman–Crippen LogP) is 5.69. The number of nitrogens with one attached hydrogen (secondary N) is 2. The zero-order valence-electron chi connectivity index (χ0n) is 26.3. The molecule has 0 saturated carbocycles. The van der Waals surface area contributed by atoms with Gasteiger partial charge in [0, 0.05) is 60.1 Å². The minimum Gasteiger partial charge on any atom is -0.494 e. The highest BCUT2D eigenvalue weighted by molar-refractivity contribution is 6.25. The summed E-state index contributed by atoms with van der Waals surface area (Å²) in [7, 11) is 6.00. The van der Waals surface area contributed by atoms with E-state index in [1.54, 1.807) is 13.3 Å². The summed E-state index contributed by atoms with van der Waals surface area (Å²) in [4.78, 5) is 32.4. The molecule has 3 aromatic rings. The zero-order chi connectivity index (χ0) is 30.8. The monoisotopic (exact) mass is 591 g/mol. The maximum atomic E-state index is 13.5. The highest BCUT2D eigenvalue weighted by Crippen LogP contribution is 2.35. The topological polar surface area (TPSA) is 95.0 Å². The summed E-state index contributed by atoms with van der Waals surface area (Å²) in [5.74, 6) is 1.03. The van der Waals surface area contributed by atoms with Gasteiger partial charge in [-0.3, -0.25) is 9.79 Å². The molecule has 0 spiro atoms. The van der Waals surface area contributed by atoms with Gasteiger partial charge in [0.25, 0.3) is 5.91 Å². The Hall–Kier alpha value is -4.50. The van der Waals surface area contributed by atoms with Crippen LogP contribution in [0.4, 0.5) is 23.0 Å². The quantitative estimate of drug-likeness (QED) is 0.330. The lowest BCUT2D eigenvalue weighted by Gasteiger charge is -2.36. The second kappa shape index (κ2) is 12.6. The summed E-state index contributed by atoms with van der Waals surface area (Å²) in [5, 5.41) is 6.54. The van der Waals surface area contributed by atoms with Gasteiger partial charge in [0.2, 0.25) is 5.95 Å². The van der Waals surface area contributed by atoms with Crippen LogP contribution in [0.5, 0.6) is 5.75 Å². The maximum absolute atomic E-state index is 13.5. The smallest absolute Gasteiger partial charge is 0.257 e. The first-order chi connectivity index (χ1) is 21.4. The minimum absolute atomic E-state index is 0.155. The number of anilines is 4. The SMILES string of the molecule is CCc1cccc(CC)c1NC(=O)C1=CN=C2C1=CCc1cnc(Nc3ccc(N4CCC(N(C)C)CC4)cc3OC)nc12. The number of fused-ring (bicyclic) bond motifs is 3. The Bertz CT molecular complexity index is 1640. The number of aromatic nitrogens is 2. The number of allylic oxidation sites excluding steroid dienone is 1. The zero-order valence-corrected chi connectivity index (χ0v) is 26.3. The fourth-order valence-corrected chi connectivity index (χ4v) is 6.33. The number of para-hydroxylation sites is 1. The lowest BCUT2D eigenvalue weighted by molar-refractivity contribution is -0.112. The summed E-state index contributed by atoms with van der Waals surface area (Å²) in [6.07, 6.45) is 10.1. The molecule has 6 rings (SSSR count). The number of aryl methyl sites for hydroxylation is 2. The fourth-order valence-electron chi connectivity index (χ4n) is 6.33. The van der Waals surface area contributed by atoms with Crippen LogP contribution in [0, 0.1) is 0 Å². The molecular formula is C35H41N7O2. The van der Waals surface area contributed by atoms with Gasteiger partial charge in [-0.25, -0.2) is 9.97 Å². The molecule has 0 unspecified atom stereocenters. The van der Waals surface area contributed by atoms with Gasteiger partial charge < -0.3 is 25.2 Å². The molecule has 44 heavy (non-hydrogen) atoms. The molecule has 9 nitrogen and oxygen atoms in total. The van der Waals surface area contributed by atoms with E-state index in [0.29, 0.717) is 29.7 Å². The van der Waals surface area contributed by atoms with Gasteiger partial charge in [-0.1, -0.05) is 38.1 Å². The van der Waals surface area contributed by atoms with E-state index in [9.17, 15) is 4.79 Å². The van der Waals surface area contributed by atoms with E-state index < -0.39 is 0 Å². The molecule has 0 radical (unpaired) electrons. The molecule has 0 atom stereocenters. The Kier molecular flexibility index (Phi) is 8.48. The third-order valence-corrected chi connectivity index (χ3v) is 8.96. The summed E-state index contributed by atoms with van der Waals surface area (Å²) in [6, 6.07) is 13.0. The van der Waals surface area contributed by atoms with Crippen LogP contribution in [0.2, 0.25) is 0 Å². The number of piperidine rings is 1. The number of ether oxygens (including phenoxy) is 1. The van der Waals surface area contributed by atoms with Crippen molar-refractivity contribution in [3.8, 4) is 5.75 Å². The first-order valence-electron chi connectivity index (χ1n) is 15.5. The minimum atomic E-state index is -0.155. The van der Waals surface area contributed by atoms with E-state index in [-0.39, 0.29) is 5.91 Å². The number of benzene rings is 2. The van der Waals surface area contributed by atoms with Crippen molar-refractivity contribution < 1.29 is 9.53 Å². The predicted molar refractivity (Wildman–Crippen MR) is 177 cm³/mol. The molecule has 1 fully saturated rings. The van der Waals surface area contributed by atoms with E-state index in [1.807, 2.05) is 24.4 Å². The van der Waals surface area contributed by atoms with Crippen molar-refractivity contribution in [3.05, 3.63) is 88.4 Å². The Morgan fingerprint density at radius 2 is 1.84 bits per heavy atom. The van der Waals surface area contributed by atoms with Crippen molar-refractivity contribution in [1.82, 2.24) is 14.9 Å². The first kappa shape index (κ1) is 29.6. The number of nitrogens with zero attached hydrogens (tertiary/aromatic N) is 5. The van der Waals surface area contributed by atoms with Crippen molar-refractivity contribution >= 4 is 34.6 Å². The maximum Gasteiger partial charge on any atom is 0.257 e. The van der Waals surface area contributed by atoms with Crippen LogP contribution in [-0.2, 0) is 24.1 Å². The van der Waals surface area contributed by atoms with Gasteiger partial charge in [0.1, 0.15) is 5.75 Å². The number of hydrogen-bond donors (Lipinski definition) is 2. The third-order valence-electron chi connectivity index (χ3n) is 8.96. The van der Waals surface area contributed by atoms with Crippen LogP contribution in [-0.4, -0.2) is 66.8 Å². The summed E-state index contributed by atoms with van der Waals surface area (Å²) >= 11 is 0. The number of carbonyl (C=O) groups excluding carboxylic acids is 1. The highest BCUT2D eigenvalue weighted by Gasteiger charge is 2.31. The van der Waals surface area contributed by atoms with Gasteiger partial charge >= 0.3 is 0 Å². The standard InChI is InChI=1S/C35H41N7O2/c1-6-22-9-8-10-23(7-2)31(22)39-34(43)28-21-36-33-27(28)13-11-24-20-37-35(40-32(24)33)38-29-14-12-26(19-30(29)44-5)42-17-15-25(16-18-42)41(3)4/h8-10,12-14,19-21,25H,6-7,11,15-18H2,1-5H3,(H,39,43)(H,37,38,40). The van der Waals surface area contributed by atoms with E-state index in [2.05, 4.69) is 82.6 Å². The molecule has 0 bridgehead atoms. The molecule has 1 aromatic heterocycles. The van der Waals surface area contributed by atoms with Crippen molar-refractivity contribution in [1.29, 1.82) is 0 Å². The second-order valence-electron chi connectivity index (χ2n) is 11.7. The van der Waals surface area contributed by atoms with Crippen molar-refractivity contribution in [2.24, 2.45) is 4.99 Å². The highest BCUT2D eigenvalue weighted by atomic mass is 16.5. The molecule has 1 amide bonds. The van der Waals surface area contributed by atoms with Crippen LogP contribution >= 0.6 is 0 Å². The molecule has 228 valence electrons. The Morgan fingerprint density at radius 3 is 2.52 bits per heavy atom. The molecule has 2 N–H and O–H groups in total. The van der Waals surface area contributed by atoms with Gasteiger partial charge in [0.05, 0.1) is 29.8 Å². The largest absolute Gasteiger partial charge is 0.494 e. The number of amides is 1. The molecule has 2 aromatic carbocycles. The second-order valence-corrected chi connectivity index (χ2v) is 11.7. The average Bonchev–Trinajstić information content (AvgIpc) is 3.50. The molecule has 3 heterocycles. The van der Waals surface area contributed by atoms with Crippen LogP contribution in [0.1, 0.15) is 49.1 Å². The summed E-state index contributed by atoms with van der Waals surface area (Å²) in [6.45, 7) is 6.24. The van der Waals surface area contributed by atoms with Gasteiger partial charge in [-0.2, -0.15) is 0 Å². The van der Waals surface area contributed by atoms with Crippen LogP contribution in [0.25, 0.3) is 0 Å². The summed E-state index contributed by atoms with van der Waals surface area (Å²) in [5.41, 5.74) is 8.87. The van der Waals surface area contributed by atoms with Crippen molar-refractivity contribution in [2.75, 3.05) is 49.8 Å². The van der Waals surface area contributed by atoms with Crippen LogP contribution in [0.15, 0.2) is 71.0 Å². The average molecular weight is 592 g/mol. The van der Waals surface area contributed by atoms with Crippen LogP contribution in [0.3, 0.4) is 0 Å². The number of carbonyl (C=O) groups is 1. The first-order valence-corrected chi connectivity index (χ1v) is 15.5. The van der Waals surface area contributed by atoms with Crippen molar-refractivity contribution in [3.63, 3.8) is 0 Å². The molecule has 1 aliphatic carbocycles. The Morgan fingerprint density at radius 1 is 1.09 bits per heavy atom. The Labute approximate surface area is 259 Å². The molecular weight excluding hydrogens is 550 g/mol. The lowest BCUT2D eigenvalue weighted by atomic mass is 9.91. The van der Waals surface area contributed by atoms with Gasteiger partial charge in [-0.05, 0) is 69.5 Å². The molecule has 9 heteroatoms. The Balaban J connectivity index is 1.17. The number of aliphatic imine (C=N–C) groups is 1. The fraction of sp³-hybridized carbons (Fsp3) is 0.371. The normalized spacial score (nSPS) is 16.1. The van der Waals surface area contributed by atoms with E-state index in [0.717, 1.165) is 89.5 Å². The molecule has 2 aliphatic heterocycles. The molecule has 1 saturated heterocycles. The summed E-state index contributed by atoms with van der Waals surface area (Å²) < 4.78 is 5.77. The number of rotatable bonds is 9. The number of methoxy groups -OCH3 is 1. The van der Waals surface area contributed by atoms with Crippen molar-refractivity contribution in [2.45, 2.75) is 52.0 Å². The van der Waals surface area contributed by atoms with Gasteiger partial charge in [0.15, 0.2) is 0 Å². The van der Waals surface area contributed by atoms with E-state index in [4.69, 9.17) is 9.72 Å². The van der Waals surface area contributed by atoms with E-state index >= 15 is 0 Å². The lowest BCUT2D eigenvalue weighted by Crippen LogP contribution is -2.41. The molecule has 3 aliphatic rings. The van der Waals surface area contributed by atoms with Gasteiger partial charge in [-0.15, -0.1) is 0 Å². The third kappa shape index (κ3) is 5.71.